The molecule has 1 saturated heterocycles. The Morgan fingerprint density at radius 1 is 1.43 bits per heavy atom. The van der Waals surface area contributed by atoms with Gasteiger partial charge in [0.25, 0.3) is 0 Å². The van der Waals surface area contributed by atoms with Crippen molar-refractivity contribution in [3.05, 3.63) is 30.9 Å². The molecule has 7 heteroatoms. The molecule has 0 saturated carbocycles. The minimum absolute atomic E-state index is 0.153. The highest BCUT2D eigenvalue weighted by Gasteiger charge is 2.14. The van der Waals surface area contributed by atoms with Crippen LogP contribution in [0.15, 0.2) is 35.3 Å². The number of nitrogens with two attached hydrogens (primary N) is 1. The van der Waals surface area contributed by atoms with Crippen molar-refractivity contribution in [3.8, 4) is 11.3 Å². The topological polar surface area (TPSA) is 99.3 Å². The molecular weight excluding hydrogens is 296 g/mol. The fourth-order valence-corrected chi connectivity index (χ4v) is 2.64. The Hall–Kier alpha value is -2.38. The summed E-state index contributed by atoms with van der Waals surface area (Å²) in [6.07, 6.45) is 7.34. The molecular formula is C16H20N4O3. The van der Waals surface area contributed by atoms with Crippen LogP contribution in [0.5, 0.6) is 0 Å². The van der Waals surface area contributed by atoms with E-state index in [1.54, 1.807) is 6.26 Å². The second-order valence-electron chi connectivity index (χ2n) is 5.41. The van der Waals surface area contributed by atoms with Gasteiger partial charge in [-0.1, -0.05) is 0 Å². The van der Waals surface area contributed by atoms with E-state index in [9.17, 15) is 0 Å². The predicted octanol–water partition coefficient (Wildman–Crippen LogP) is 1.97. The normalized spacial score (nSPS) is 17.2. The van der Waals surface area contributed by atoms with Gasteiger partial charge in [-0.3, -0.25) is 0 Å². The van der Waals surface area contributed by atoms with E-state index in [2.05, 4.69) is 9.97 Å². The lowest BCUT2D eigenvalue weighted by atomic mass is 10.2. The van der Waals surface area contributed by atoms with Crippen molar-refractivity contribution in [2.75, 3.05) is 18.9 Å². The van der Waals surface area contributed by atoms with E-state index in [4.69, 9.17) is 20.0 Å². The first-order valence-corrected chi connectivity index (χ1v) is 7.52. The van der Waals surface area contributed by atoms with Crippen molar-refractivity contribution in [2.45, 2.75) is 18.9 Å². The average Bonchev–Trinajstić information content (AvgIpc) is 3.29. The van der Waals surface area contributed by atoms with Gasteiger partial charge in [0.2, 0.25) is 0 Å². The van der Waals surface area contributed by atoms with E-state index in [-0.39, 0.29) is 12.7 Å². The van der Waals surface area contributed by atoms with E-state index >= 15 is 0 Å². The van der Waals surface area contributed by atoms with Crippen molar-refractivity contribution < 1.29 is 14.3 Å². The number of nitrogens with zero attached hydrogens (tertiary/aromatic N) is 3. The molecule has 0 spiro atoms. The Labute approximate surface area is 133 Å². The molecule has 4 heterocycles. The molecule has 0 aliphatic carbocycles. The summed E-state index contributed by atoms with van der Waals surface area (Å²) >= 11 is 0. The number of furan rings is 1. The molecule has 1 aliphatic heterocycles. The third-order valence-electron chi connectivity index (χ3n) is 3.80. The van der Waals surface area contributed by atoms with E-state index in [1.807, 2.05) is 29.9 Å². The quantitative estimate of drug-likeness (QED) is 0.750. The molecule has 1 unspecified atom stereocenters. The van der Waals surface area contributed by atoms with Crippen molar-refractivity contribution in [3.63, 3.8) is 0 Å². The summed E-state index contributed by atoms with van der Waals surface area (Å²) in [6.45, 7) is 1.03. The van der Waals surface area contributed by atoms with Crippen molar-refractivity contribution >= 4 is 16.9 Å². The first kappa shape index (κ1) is 15.5. The van der Waals surface area contributed by atoms with E-state index < -0.39 is 0 Å². The van der Waals surface area contributed by atoms with E-state index in [0.717, 1.165) is 41.8 Å². The summed E-state index contributed by atoms with van der Waals surface area (Å²) < 4.78 is 12.3. The second kappa shape index (κ2) is 6.80. The molecule has 122 valence electrons. The van der Waals surface area contributed by atoms with Gasteiger partial charge in [-0.15, -0.1) is 0 Å². The second-order valence-corrected chi connectivity index (χ2v) is 5.41. The summed E-state index contributed by atoms with van der Waals surface area (Å²) in [5.41, 5.74) is 7.59. The monoisotopic (exact) mass is 316 g/mol. The Morgan fingerprint density at radius 3 is 2.91 bits per heavy atom. The first-order valence-electron chi connectivity index (χ1n) is 7.52. The zero-order valence-electron chi connectivity index (χ0n) is 13.0. The van der Waals surface area contributed by atoms with Crippen LogP contribution in [0.1, 0.15) is 12.8 Å². The molecule has 7 nitrogen and oxygen atoms in total. The molecule has 0 radical (unpaired) electrons. The van der Waals surface area contributed by atoms with Gasteiger partial charge in [0.1, 0.15) is 23.6 Å². The van der Waals surface area contributed by atoms with Gasteiger partial charge in [0.05, 0.1) is 24.4 Å². The Kier molecular flexibility index (Phi) is 4.59. The van der Waals surface area contributed by atoms with Crippen LogP contribution in [0.2, 0.25) is 0 Å². The minimum Gasteiger partial charge on any atom is -0.464 e. The molecule has 4 rings (SSSR count). The van der Waals surface area contributed by atoms with E-state index in [1.165, 1.54) is 6.33 Å². The number of aliphatic hydroxyl groups is 1. The standard InChI is InChI=1S/C11H10N4O.C5H10O2/c1-15-5-7(8-3-2-4-16-8)9-10(12)13-6-14-11(9)15;6-4-5-2-1-3-7-5/h2-6H,1H3,(H2,12,13,14);5-6H,1-4H2. The summed E-state index contributed by atoms with van der Waals surface area (Å²) in [5, 5.41) is 9.27. The Bertz CT molecular complexity index is 761. The molecule has 3 aromatic heterocycles. The highest BCUT2D eigenvalue weighted by molar-refractivity contribution is 5.99. The lowest BCUT2D eigenvalue weighted by Crippen LogP contribution is -2.09. The van der Waals surface area contributed by atoms with Crippen LogP contribution in [-0.4, -0.2) is 39.0 Å². The van der Waals surface area contributed by atoms with Gasteiger partial charge in [-0.25, -0.2) is 9.97 Å². The molecule has 0 bridgehead atoms. The maximum absolute atomic E-state index is 8.44. The van der Waals surface area contributed by atoms with Gasteiger partial charge in [0.15, 0.2) is 0 Å². The highest BCUT2D eigenvalue weighted by atomic mass is 16.5. The van der Waals surface area contributed by atoms with Crippen LogP contribution >= 0.6 is 0 Å². The smallest absolute Gasteiger partial charge is 0.145 e. The van der Waals surface area contributed by atoms with E-state index in [0.29, 0.717) is 5.82 Å². The summed E-state index contributed by atoms with van der Waals surface area (Å²) in [4.78, 5) is 8.21. The number of hydrogen-bond donors (Lipinski definition) is 2. The molecule has 0 amide bonds. The number of aliphatic hydroxyl groups excluding tert-OH is 1. The largest absolute Gasteiger partial charge is 0.464 e. The Balaban J connectivity index is 0.000000188. The molecule has 1 fully saturated rings. The lowest BCUT2D eigenvalue weighted by molar-refractivity contribution is 0.0591. The first-order chi connectivity index (χ1) is 11.2. The number of aryl methyl sites for hydroxylation is 1. The van der Waals surface area contributed by atoms with Crippen LogP contribution in [0.4, 0.5) is 5.82 Å². The van der Waals surface area contributed by atoms with Crippen LogP contribution in [0.3, 0.4) is 0 Å². The van der Waals surface area contributed by atoms with Gasteiger partial charge in [0, 0.05) is 25.4 Å². The zero-order chi connectivity index (χ0) is 16.2. The minimum atomic E-state index is 0.153. The fraction of sp³-hybridized carbons (Fsp3) is 0.375. The molecule has 1 aliphatic rings. The van der Waals surface area contributed by atoms with Crippen LogP contribution in [0.25, 0.3) is 22.4 Å². The van der Waals surface area contributed by atoms with Crippen LogP contribution in [-0.2, 0) is 11.8 Å². The number of rotatable bonds is 2. The number of nitrogen functional groups attached to an aromatic ring is 1. The van der Waals surface area contributed by atoms with Gasteiger partial charge in [-0.2, -0.15) is 0 Å². The fourth-order valence-electron chi connectivity index (χ4n) is 2.64. The maximum Gasteiger partial charge on any atom is 0.145 e. The summed E-state index contributed by atoms with van der Waals surface area (Å²) in [5.74, 6) is 1.24. The number of fused-ring (bicyclic) bond motifs is 1. The van der Waals surface area contributed by atoms with Crippen LogP contribution < -0.4 is 5.73 Å². The predicted molar refractivity (Wildman–Crippen MR) is 86.7 cm³/mol. The number of hydrogen-bond acceptors (Lipinski definition) is 6. The number of aromatic nitrogens is 3. The molecule has 23 heavy (non-hydrogen) atoms. The van der Waals surface area contributed by atoms with Gasteiger partial charge < -0.3 is 24.6 Å². The number of anilines is 1. The summed E-state index contributed by atoms with van der Waals surface area (Å²) in [6, 6.07) is 3.73. The summed E-state index contributed by atoms with van der Waals surface area (Å²) in [7, 11) is 1.92. The lowest BCUT2D eigenvalue weighted by Gasteiger charge is -2.00. The third kappa shape index (κ3) is 3.20. The number of ether oxygens (including phenoxy) is 1. The van der Waals surface area contributed by atoms with Gasteiger partial charge in [-0.05, 0) is 25.0 Å². The molecule has 3 aromatic rings. The van der Waals surface area contributed by atoms with Crippen molar-refractivity contribution in [2.24, 2.45) is 7.05 Å². The molecule has 3 N–H and O–H groups in total. The van der Waals surface area contributed by atoms with Crippen molar-refractivity contribution in [1.82, 2.24) is 14.5 Å². The third-order valence-corrected chi connectivity index (χ3v) is 3.80. The van der Waals surface area contributed by atoms with Gasteiger partial charge >= 0.3 is 0 Å². The van der Waals surface area contributed by atoms with Crippen LogP contribution in [0, 0.1) is 0 Å². The SMILES string of the molecule is Cn1cc(-c2ccco2)c2c(N)ncnc21.OCC1CCCO1. The Morgan fingerprint density at radius 2 is 2.30 bits per heavy atom. The average molecular weight is 316 g/mol. The molecule has 0 aromatic carbocycles. The zero-order valence-corrected chi connectivity index (χ0v) is 13.0. The maximum atomic E-state index is 8.44. The highest BCUT2D eigenvalue weighted by Crippen LogP contribution is 2.31. The van der Waals surface area contributed by atoms with Crippen molar-refractivity contribution in [1.29, 1.82) is 0 Å². The molecule has 1 atom stereocenters.